The number of carbonyl (C=O) groups excluding carboxylic acids is 1. The van der Waals surface area contributed by atoms with Gasteiger partial charge in [-0.3, -0.25) is 4.79 Å². The summed E-state index contributed by atoms with van der Waals surface area (Å²) in [7, 11) is 0. The first kappa shape index (κ1) is 14.0. The van der Waals surface area contributed by atoms with E-state index in [1.807, 2.05) is 0 Å². The zero-order chi connectivity index (χ0) is 14.7. The standard InChI is InChI=1S/C14H8ClFO4/c15-8-1-3-9(4-2-8)20-10-5-6-11(12(16)7-10)13(17)14(18)19/h1-7H,(H,18,19). The van der Waals surface area contributed by atoms with Gasteiger partial charge in [0.15, 0.2) is 0 Å². The molecule has 0 aliphatic rings. The predicted octanol–water partition coefficient (Wildman–Crippen LogP) is 3.54. The van der Waals surface area contributed by atoms with Crippen molar-refractivity contribution in [3.05, 3.63) is 58.9 Å². The number of ether oxygens (including phenoxy) is 1. The molecule has 0 radical (unpaired) electrons. The van der Waals surface area contributed by atoms with Gasteiger partial charge in [0.2, 0.25) is 0 Å². The van der Waals surface area contributed by atoms with Crippen LogP contribution in [0.15, 0.2) is 42.5 Å². The molecule has 1 N–H and O–H groups in total. The minimum absolute atomic E-state index is 0.145. The molecule has 102 valence electrons. The van der Waals surface area contributed by atoms with Crippen LogP contribution in [0.1, 0.15) is 10.4 Å². The number of hydrogen-bond donors (Lipinski definition) is 1. The van der Waals surface area contributed by atoms with E-state index in [1.54, 1.807) is 24.3 Å². The number of hydrogen-bond acceptors (Lipinski definition) is 3. The van der Waals surface area contributed by atoms with Crippen molar-refractivity contribution >= 4 is 23.4 Å². The summed E-state index contributed by atoms with van der Waals surface area (Å²) in [6.07, 6.45) is 0. The number of benzene rings is 2. The van der Waals surface area contributed by atoms with Crippen molar-refractivity contribution in [2.75, 3.05) is 0 Å². The minimum atomic E-state index is -1.71. The van der Waals surface area contributed by atoms with Gasteiger partial charge in [0.05, 0.1) is 5.56 Å². The SMILES string of the molecule is O=C(O)C(=O)c1ccc(Oc2ccc(Cl)cc2)cc1F. The molecule has 0 saturated heterocycles. The van der Waals surface area contributed by atoms with Gasteiger partial charge in [-0.2, -0.15) is 0 Å². The van der Waals surface area contributed by atoms with Crippen LogP contribution in [0.2, 0.25) is 5.02 Å². The first-order chi connectivity index (χ1) is 9.47. The number of carboxylic acids is 1. The van der Waals surface area contributed by atoms with Crippen LogP contribution in [0.3, 0.4) is 0 Å². The van der Waals surface area contributed by atoms with Gasteiger partial charge in [-0.25, -0.2) is 9.18 Å². The van der Waals surface area contributed by atoms with E-state index in [-0.39, 0.29) is 5.75 Å². The van der Waals surface area contributed by atoms with Crippen LogP contribution in [0, 0.1) is 5.82 Å². The summed E-state index contributed by atoms with van der Waals surface area (Å²) in [5.74, 6) is -3.39. The molecule has 0 bridgehead atoms. The van der Waals surface area contributed by atoms with Gasteiger partial charge in [-0.15, -0.1) is 0 Å². The number of Topliss-reactive ketones (excluding diaryl/α,β-unsaturated/α-hetero) is 1. The second kappa shape index (κ2) is 5.71. The Labute approximate surface area is 118 Å². The average Bonchev–Trinajstić information content (AvgIpc) is 2.41. The van der Waals surface area contributed by atoms with E-state index in [1.165, 1.54) is 6.07 Å². The number of carboxylic acid groups (broad SMARTS) is 1. The molecule has 2 rings (SSSR count). The normalized spacial score (nSPS) is 10.1. The molecule has 20 heavy (non-hydrogen) atoms. The van der Waals surface area contributed by atoms with Crippen molar-refractivity contribution in [1.29, 1.82) is 0 Å². The third-order valence-corrected chi connectivity index (χ3v) is 2.68. The van der Waals surface area contributed by atoms with Crippen molar-refractivity contribution in [3.8, 4) is 11.5 Å². The molecule has 2 aromatic rings. The average molecular weight is 295 g/mol. The lowest BCUT2D eigenvalue weighted by Crippen LogP contribution is -2.14. The lowest BCUT2D eigenvalue weighted by molar-refractivity contribution is -0.131. The second-order valence-electron chi connectivity index (χ2n) is 3.83. The fraction of sp³-hybridized carbons (Fsp3) is 0. The summed E-state index contributed by atoms with van der Waals surface area (Å²) in [6, 6.07) is 9.73. The quantitative estimate of drug-likeness (QED) is 0.692. The Morgan fingerprint density at radius 3 is 2.20 bits per heavy atom. The van der Waals surface area contributed by atoms with Gasteiger partial charge >= 0.3 is 5.97 Å². The lowest BCUT2D eigenvalue weighted by atomic mass is 10.1. The molecule has 0 atom stereocenters. The molecule has 0 aromatic heterocycles. The van der Waals surface area contributed by atoms with Gasteiger partial charge in [0.25, 0.3) is 5.78 Å². The van der Waals surface area contributed by atoms with Gasteiger partial charge in [-0.05, 0) is 36.4 Å². The molecular weight excluding hydrogens is 287 g/mol. The van der Waals surface area contributed by atoms with Crippen LogP contribution in [-0.4, -0.2) is 16.9 Å². The van der Waals surface area contributed by atoms with Crippen LogP contribution >= 0.6 is 11.6 Å². The summed E-state index contributed by atoms with van der Waals surface area (Å²) in [4.78, 5) is 21.7. The molecule has 0 amide bonds. The third kappa shape index (κ3) is 3.13. The summed E-state index contributed by atoms with van der Waals surface area (Å²) in [5, 5.41) is 9.06. The highest BCUT2D eigenvalue weighted by Crippen LogP contribution is 2.25. The van der Waals surface area contributed by atoms with Crippen molar-refractivity contribution in [2.24, 2.45) is 0 Å². The zero-order valence-electron chi connectivity index (χ0n) is 9.97. The topological polar surface area (TPSA) is 63.6 Å². The maximum atomic E-state index is 13.6. The maximum absolute atomic E-state index is 13.6. The van der Waals surface area contributed by atoms with Crippen LogP contribution in [0.25, 0.3) is 0 Å². The second-order valence-corrected chi connectivity index (χ2v) is 4.27. The highest BCUT2D eigenvalue weighted by Gasteiger charge is 2.19. The molecule has 4 nitrogen and oxygen atoms in total. The highest BCUT2D eigenvalue weighted by atomic mass is 35.5. The number of halogens is 2. The van der Waals surface area contributed by atoms with Gasteiger partial charge in [0.1, 0.15) is 17.3 Å². The molecule has 0 heterocycles. The van der Waals surface area contributed by atoms with Crippen LogP contribution < -0.4 is 4.74 Å². The Balaban J connectivity index is 2.23. The lowest BCUT2D eigenvalue weighted by Gasteiger charge is -2.07. The largest absolute Gasteiger partial charge is 0.475 e. The summed E-state index contributed by atoms with van der Waals surface area (Å²) in [5.41, 5.74) is -0.513. The van der Waals surface area contributed by atoms with E-state index in [9.17, 15) is 14.0 Å². The van der Waals surface area contributed by atoms with Crippen molar-refractivity contribution < 1.29 is 23.8 Å². The molecule has 0 spiro atoms. The van der Waals surface area contributed by atoms with E-state index in [4.69, 9.17) is 21.4 Å². The number of rotatable bonds is 4. The fourth-order valence-electron chi connectivity index (χ4n) is 1.50. The summed E-state index contributed by atoms with van der Waals surface area (Å²) in [6.45, 7) is 0. The van der Waals surface area contributed by atoms with E-state index < -0.39 is 23.1 Å². The Bertz CT molecular complexity index is 667. The van der Waals surface area contributed by atoms with Crippen molar-refractivity contribution in [3.63, 3.8) is 0 Å². The highest BCUT2D eigenvalue weighted by molar-refractivity contribution is 6.39. The first-order valence-electron chi connectivity index (χ1n) is 5.48. The van der Waals surface area contributed by atoms with Crippen LogP contribution in [-0.2, 0) is 4.79 Å². The smallest absolute Gasteiger partial charge is 0.377 e. The van der Waals surface area contributed by atoms with E-state index in [0.29, 0.717) is 10.8 Å². The van der Waals surface area contributed by atoms with Crippen LogP contribution in [0.5, 0.6) is 11.5 Å². The Hall–Kier alpha value is -2.40. The third-order valence-electron chi connectivity index (χ3n) is 2.43. The molecule has 0 saturated carbocycles. The van der Waals surface area contributed by atoms with E-state index in [2.05, 4.69) is 0 Å². The van der Waals surface area contributed by atoms with E-state index >= 15 is 0 Å². The van der Waals surface area contributed by atoms with Crippen molar-refractivity contribution in [1.82, 2.24) is 0 Å². The molecule has 0 aliphatic carbocycles. The zero-order valence-corrected chi connectivity index (χ0v) is 10.7. The Morgan fingerprint density at radius 1 is 1.05 bits per heavy atom. The van der Waals surface area contributed by atoms with Gasteiger partial charge in [0, 0.05) is 11.1 Å². The van der Waals surface area contributed by atoms with E-state index in [0.717, 1.165) is 12.1 Å². The number of aliphatic carboxylic acids is 1. The molecule has 6 heteroatoms. The van der Waals surface area contributed by atoms with Crippen molar-refractivity contribution in [2.45, 2.75) is 0 Å². The molecule has 0 fully saturated rings. The number of ketones is 1. The fourth-order valence-corrected chi connectivity index (χ4v) is 1.62. The molecular formula is C14H8ClFO4. The Morgan fingerprint density at radius 2 is 1.65 bits per heavy atom. The molecule has 2 aromatic carbocycles. The Kier molecular flexibility index (Phi) is 4.00. The minimum Gasteiger partial charge on any atom is -0.475 e. The monoisotopic (exact) mass is 294 g/mol. The van der Waals surface area contributed by atoms with Gasteiger partial charge in [-0.1, -0.05) is 11.6 Å². The molecule has 0 aliphatic heterocycles. The maximum Gasteiger partial charge on any atom is 0.377 e. The summed E-state index contributed by atoms with van der Waals surface area (Å²) < 4.78 is 19.0. The number of carbonyl (C=O) groups is 2. The predicted molar refractivity (Wildman–Crippen MR) is 69.9 cm³/mol. The molecule has 0 unspecified atom stereocenters. The summed E-state index contributed by atoms with van der Waals surface area (Å²) >= 11 is 5.72. The van der Waals surface area contributed by atoms with Gasteiger partial charge < -0.3 is 9.84 Å². The first-order valence-corrected chi connectivity index (χ1v) is 5.86. The van der Waals surface area contributed by atoms with Crippen LogP contribution in [0.4, 0.5) is 4.39 Å².